The Hall–Kier alpha value is -1.58. The summed E-state index contributed by atoms with van der Waals surface area (Å²) in [7, 11) is 0. The lowest BCUT2D eigenvalue weighted by Crippen LogP contribution is -2.14. The fourth-order valence-electron chi connectivity index (χ4n) is 1.77. The number of hydrogen-bond acceptors (Lipinski definition) is 3. The van der Waals surface area contributed by atoms with Crippen LogP contribution in [0.1, 0.15) is 24.6 Å². The molecule has 0 atom stereocenters. The first kappa shape index (κ1) is 14.8. The molecule has 0 unspecified atom stereocenters. The van der Waals surface area contributed by atoms with Gasteiger partial charge in [-0.3, -0.25) is 0 Å². The van der Waals surface area contributed by atoms with Gasteiger partial charge >= 0.3 is 0 Å². The van der Waals surface area contributed by atoms with Crippen LogP contribution in [0.5, 0.6) is 5.88 Å². The summed E-state index contributed by atoms with van der Waals surface area (Å²) in [5.41, 5.74) is 2.07. The van der Waals surface area contributed by atoms with E-state index in [1.807, 2.05) is 42.5 Å². The van der Waals surface area contributed by atoms with Gasteiger partial charge in [0, 0.05) is 17.6 Å². The highest BCUT2D eigenvalue weighted by Gasteiger charge is 2.00. The van der Waals surface area contributed by atoms with Crippen LogP contribution in [0, 0.1) is 0 Å². The Morgan fingerprint density at radius 2 is 1.95 bits per heavy atom. The number of rotatable bonds is 7. The summed E-state index contributed by atoms with van der Waals surface area (Å²) in [6.07, 6.45) is 1.12. The van der Waals surface area contributed by atoms with Crippen molar-refractivity contribution in [3.8, 4) is 5.88 Å². The molecule has 0 saturated carbocycles. The molecular weight excluding hydrogens is 272 g/mol. The lowest BCUT2D eigenvalue weighted by Gasteiger charge is -2.08. The maximum absolute atomic E-state index is 5.85. The van der Waals surface area contributed by atoms with Crippen LogP contribution in [0.2, 0.25) is 5.02 Å². The average Bonchev–Trinajstić information content (AvgIpc) is 2.47. The minimum Gasteiger partial charge on any atom is -0.473 e. The standard InChI is InChI=1S/C16H19ClN2O/c1-2-10-18-11-15-4-3-5-16(19-15)20-12-13-6-8-14(17)9-7-13/h3-9,18H,2,10-12H2,1H3. The van der Waals surface area contributed by atoms with Crippen molar-refractivity contribution in [2.75, 3.05) is 6.54 Å². The van der Waals surface area contributed by atoms with Gasteiger partial charge in [0.1, 0.15) is 6.61 Å². The van der Waals surface area contributed by atoms with Crippen LogP contribution in [-0.4, -0.2) is 11.5 Å². The van der Waals surface area contributed by atoms with Crippen molar-refractivity contribution in [3.05, 3.63) is 58.7 Å². The van der Waals surface area contributed by atoms with Crippen molar-refractivity contribution in [1.29, 1.82) is 0 Å². The fraction of sp³-hybridized carbons (Fsp3) is 0.312. The Morgan fingerprint density at radius 3 is 2.70 bits per heavy atom. The average molecular weight is 291 g/mol. The highest BCUT2D eigenvalue weighted by molar-refractivity contribution is 6.30. The first-order chi connectivity index (χ1) is 9.78. The predicted octanol–water partition coefficient (Wildman–Crippen LogP) is 3.81. The lowest BCUT2D eigenvalue weighted by atomic mass is 10.2. The number of halogens is 1. The third-order valence-electron chi connectivity index (χ3n) is 2.81. The summed E-state index contributed by atoms with van der Waals surface area (Å²) in [4.78, 5) is 4.47. The van der Waals surface area contributed by atoms with Gasteiger partial charge in [0.05, 0.1) is 5.69 Å². The van der Waals surface area contributed by atoms with Crippen LogP contribution in [0.3, 0.4) is 0 Å². The summed E-state index contributed by atoms with van der Waals surface area (Å²) >= 11 is 5.85. The number of aromatic nitrogens is 1. The molecule has 0 amide bonds. The first-order valence-electron chi connectivity index (χ1n) is 6.82. The van der Waals surface area contributed by atoms with Crippen LogP contribution in [0.4, 0.5) is 0 Å². The summed E-state index contributed by atoms with van der Waals surface area (Å²) < 4.78 is 5.70. The van der Waals surface area contributed by atoms with Crippen molar-refractivity contribution in [2.45, 2.75) is 26.5 Å². The molecule has 20 heavy (non-hydrogen) atoms. The number of pyridine rings is 1. The monoisotopic (exact) mass is 290 g/mol. The van der Waals surface area contributed by atoms with Crippen molar-refractivity contribution in [1.82, 2.24) is 10.3 Å². The van der Waals surface area contributed by atoms with Crippen molar-refractivity contribution >= 4 is 11.6 Å². The molecule has 1 aromatic carbocycles. The molecule has 0 aliphatic rings. The molecule has 1 N–H and O–H groups in total. The molecule has 0 radical (unpaired) electrons. The van der Waals surface area contributed by atoms with Crippen LogP contribution < -0.4 is 10.1 Å². The topological polar surface area (TPSA) is 34.1 Å². The van der Waals surface area contributed by atoms with Crippen LogP contribution in [0.25, 0.3) is 0 Å². The van der Waals surface area contributed by atoms with Gasteiger partial charge < -0.3 is 10.1 Å². The largest absolute Gasteiger partial charge is 0.473 e. The molecule has 2 aromatic rings. The van der Waals surface area contributed by atoms with Crippen LogP contribution >= 0.6 is 11.6 Å². The van der Waals surface area contributed by atoms with Gasteiger partial charge in [0.2, 0.25) is 5.88 Å². The Morgan fingerprint density at radius 1 is 1.15 bits per heavy atom. The van der Waals surface area contributed by atoms with Gasteiger partial charge in [-0.2, -0.15) is 0 Å². The summed E-state index contributed by atoms with van der Waals surface area (Å²) in [5, 5.41) is 4.06. The zero-order chi connectivity index (χ0) is 14.2. The van der Waals surface area contributed by atoms with Crippen LogP contribution in [-0.2, 0) is 13.2 Å². The lowest BCUT2D eigenvalue weighted by molar-refractivity contribution is 0.293. The number of hydrogen-bond donors (Lipinski definition) is 1. The van der Waals surface area contributed by atoms with E-state index in [9.17, 15) is 0 Å². The molecule has 4 heteroatoms. The third-order valence-corrected chi connectivity index (χ3v) is 3.07. The fourth-order valence-corrected chi connectivity index (χ4v) is 1.89. The zero-order valence-electron chi connectivity index (χ0n) is 11.6. The Kier molecular flexibility index (Phi) is 5.84. The second-order valence-electron chi connectivity index (χ2n) is 4.56. The second-order valence-corrected chi connectivity index (χ2v) is 5.00. The molecule has 1 aromatic heterocycles. The van der Waals surface area contributed by atoms with E-state index in [1.165, 1.54) is 0 Å². The van der Waals surface area contributed by atoms with Crippen LogP contribution in [0.15, 0.2) is 42.5 Å². The maximum Gasteiger partial charge on any atom is 0.213 e. The van der Waals surface area contributed by atoms with E-state index in [2.05, 4.69) is 17.2 Å². The number of nitrogens with zero attached hydrogens (tertiary/aromatic N) is 1. The maximum atomic E-state index is 5.85. The number of ether oxygens (including phenoxy) is 1. The Balaban J connectivity index is 1.89. The minimum atomic E-state index is 0.496. The van der Waals surface area contributed by atoms with E-state index in [4.69, 9.17) is 16.3 Å². The van der Waals surface area contributed by atoms with E-state index in [0.29, 0.717) is 12.5 Å². The van der Waals surface area contributed by atoms with E-state index in [0.717, 1.165) is 35.8 Å². The van der Waals surface area contributed by atoms with Gasteiger partial charge in [-0.1, -0.05) is 36.7 Å². The molecule has 1 heterocycles. The molecule has 0 aliphatic heterocycles. The second kappa shape index (κ2) is 7.88. The van der Waals surface area contributed by atoms with Crippen molar-refractivity contribution in [3.63, 3.8) is 0 Å². The molecule has 0 fully saturated rings. The quantitative estimate of drug-likeness (QED) is 0.787. The van der Waals surface area contributed by atoms with E-state index in [-0.39, 0.29) is 0 Å². The van der Waals surface area contributed by atoms with Crippen molar-refractivity contribution in [2.24, 2.45) is 0 Å². The highest BCUT2D eigenvalue weighted by atomic mass is 35.5. The Labute approximate surface area is 124 Å². The normalized spacial score (nSPS) is 10.5. The highest BCUT2D eigenvalue weighted by Crippen LogP contribution is 2.13. The molecule has 0 saturated heterocycles. The van der Waals surface area contributed by atoms with Gasteiger partial charge in [0.25, 0.3) is 0 Å². The number of nitrogens with one attached hydrogen (secondary N) is 1. The van der Waals surface area contributed by atoms with Gasteiger partial charge in [-0.15, -0.1) is 0 Å². The molecule has 0 spiro atoms. The zero-order valence-corrected chi connectivity index (χ0v) is 12.4. The van der Waals surface area contributed by atoms with Gasteiger partial charge in [-0.05, 0) is 36.7 Å². The van der Waals surface area contributed by atoms with Gasteiger partial charge in [0.15, 0.2) is 0 Å². The SMILES string of the molecule is CCCNCc1cccc(OCc2ccc(Cl)cc2)n1. The van der Waals surface area contributed by atoms with E-state index < -0.39 is 0 Å². The molecule has 2 rings (SSSR count). The Bertz CT molecular complexity index is 528. The third kappa shape index (κ3) is 4.83. The van der Waals surface area contributed by atoms with Crippen molar-refractivity contribution < 1.29 is 4.74 Å². The number of benzene rings is 1. The smallest absolute Gasteiger partial charge is 0.213 e. The molecular formula is C16H19ClN2O. The predicted molar refractivity (Wildman–Crippen MR) is 82.0 cm³/mol. The summed E-state index contributed by atoms with van der Waals surface area (Å²) in [6, 6.07) is 13.5. The molecule has 0 bridgehead atoms. The minimum absolute atomic E-state index is 0.496. The van der Waals surface area contributed by atoms with Gasteiger partial charge in [-0.25, -0.2) is 4.98 Å². The molecule has 3 nitrogen and oxygen atoms in total. The summed E-state index contributed by atoms with van der Waals surface area (Å²) in [6.45, 7) is 4.41. The molecule has 0 aliphatic carbocycles. The van der Waals surface area contributed by atoms with E-state index in [1.54, 1.807) is 0 Å². The first-order valence-corrected chi connectivity index (χ1v) is 7.19. The molecule has 106 valence electrons. The van der Waals surface area contributed by atoms with E-state index >= 15 is 0 Å². The summed E-state index contributed by atoms with van der Waals surface area (Å²) in [5.74, 6) is 0.649.